The molecule has 0 amide bonds. The minimum absolute atomic E-state index is 0.106. The summed E-state index contributed by atoms with van der Waals surface area (Å²) in [7, 11) is 0. The summed E-state index contributed by atoms with van der Waals surface area (Å²) in [5.74, 6) is 1.06. The number of fused-ring (bicyclic) bond motifs is 1. The molecule has 1 aromatic rings. The molecule has 0 aliphatic heterocycles. The molecule has 17 heavy (non-hydrogen) atoms. The van der Waals surface area contributed by atoms with Crippen LogP contribution in [0.1, 0.15) is 57.7 Å². The highest BCUT2D eigenvalue weighted by molar-refractivity contribution is 5.48. The molecule has 3 nitrogen and oxygen atoms in total. The van der Waals surface area contributed by atoms with Crippen molar-refractivity contribution >= 4 is 5.82 Å². The number of aromatic nitrogens is 2. The van der Waals surface area contributed by atoms with E-state index in [1.807, 2.05) is 0 Å². The Bertz CT molecular complexity index is 385. The predicted octanol–water partition coefficient (Wildman–Crippen LogP) is 3.35. The number of rotatable bonds is 3. The van der Waals surface area contributed by atoms with Gasteiger partial charge in [0.15, 0.2) is 0 Å². The highest BCUT2D eigenvalue weighted by atomic mass is 15.1. The van der Waals surface area contributed by atoms with Crippen LogP contribution in [0.25, 0.3) is 0 Å². The van der Waals surface area contributed by atoms with Crippen molar-refractivity contribution in [2.75, 3.05) is 5.32 Å². The topological polar surface area (TPSA) is 37.8 Å². The van der Waals surface area contributed by atoms with Crippen molar-refractivity contribution in [2.24, 2.45) is 0 Å². The summed E-state index contributed by atoms with van der Waals surface area (Å²) in [5, 5.41) is 3.57. The third kappa shape index (κ3) is 2.96. The van der Waals surface area contributed by atoms with E-state index in [1.54, 1.807) is 6.33 Å². The normalized spacial score (nSPS) is 16.2. The number of hydrogen-bond donors (Lipinski definition) is 1. The SMILES string of the molecule is CCC(C)(C)Nc1ncnc2c1CCCCC2. The van der Waals surface area contributed by atoms with Crippen LogP contribution in [-0.2, 0) is 12.8 Å². The van der Waals surface area contributed by atoms with Crippen LogP contribution in [0.4, 0.5) is 5.82 Å². The molecule has 3 heteroatoms. The Morgan fingerprint density at radius 3 is 2.71 bits per heavy atom. The predicted molar refractivity (Wildman–Crippen MR) is 71.3 cm³/mol. The van der Waals surface area contributed by atoms with Gasteiger partial charge < -0.3 is 5.32 Å². The van der Waals surface area contributed by atoms with Crippen LogP contribution in [0, 0.1) is 0 Å². The van der Waals surface area contributed by atoms with Gasteiger partial charge in [-0.2, -0.15) is 0 Å². The minimum Gasteiger partial charge on any atom is -0.365 e. The quantitative estimate of drug-likeness (QED) is 0.814. The van der Waals surface area contributed by atoms with Gasteiger partial charge in [-0.3, -0.25) is 0 Å². The van der Waals surface area contributed by atoms with Crippen LogP contribution in [0.5, 0.6) is 0 Å². The Labute approximate surface area is 104 Å². The molecule has 0 bridgehead atoms. The van der Waals surface area contributed by atoms with E-state index in [2.05, 4.69) is 36.1 Å². The fourth-order valence-electron chi connectivity index (χ4n) is 2.21. The third-order valence-electron chi connectivity index (χ3n) is 3.72. The van der Waals surface area contributed by atoms with Crippen LogP contribution in [0.15, 0.2) is 6.33 Å². The van der Waals surface area contributed by atoms with Crippen LogP contribution in [-0.4, -0.2) is 15.5 Å². The van der Waals surface area contributed by atoms with Gasteiger partial charge in [-0.25, -0.2) is 9.97 Å². The molecular weight excluding hydrogens is 210 g/mol. The molecule has 0 spiro atoms. The van der Waals surface area contributed by atoms with Crippen molar-refractivity contribution in [1.82, 2.24) is 9.97 Å². The average Bonchev–Trinajstić information content (AvgIpc) is 2.54. The number of aryl methyl sites for hydroxylation is 1. The van der Waals surface area contributed by atoms with Crippen LogP contribution >= 0.6 is 0 Å². The molecule has 1 aromatic heterocycles. The molecule has 0 fully saturated rings. The lowest BCUT2D eigenvalue weighted by Crippen LogP contribution is -2.31. The Hall–Kier alpha value is -1.12. The van der Waals surface area contributed by atoms with Crippen molar-refractivity contribution in [3.05, 3.63) is 17.6 Å². The summed E-state index contributed by atoms with van der Waals surface area (Å²) < 4.78 is 0. The molecule has 1 aliphatic carbocycles. The zero-order valence-corrected chi connectivity index (χ0v) is 11.2. The maximum Gasteiger partial charge on any atom is 0.133 e. The summed E-state index contributed by atoms with van der Waals surface area (Å²) in [6, 6.07) is 0. The van der Waals surface area contributed by atoms with E-state index in [4.69, 9.17) is 0 Å². The van der Waals surface area contributed by atoms with Crippen molar-refractivity contribution in [3.8, 4) is 0 Å². The second-order valence-corrected chi connectivity index (χ2v) is 5.57. The zero-order valence-electron chi connectivity index (χ0n) is 11.2. The number of anilines is 1. The van der Waals surface area contributed by atoms with E-state index in [0.29, 0.717) is 0 Å². The molecule has 0 radical (unpaired) electrons. The largest absolute Gasteiger partial charge is 0.365 e. The molecule has 94 valence electrons. The summed E-state index contributed by atoms with van der Waals surface area (Å²) in [5.41, 5.74) is 2.72. The van der Waals surface area contributed by atoms with Gasteiger partial charge in [0.05, 0.1) is 0 Å². The van der Waals surface area contributed by atoms with E-state index in [0.717, 1.165) is 25.1 Å². The highest BCUT2D eigenvalue weighted by Gasteiger charge is 2.20. The number of nitrogens with one attached hydrogen (secondary N) is 1. The van der Waals surface area contributed by atoms with Gasteiger partial charge in [0.25, 0.3) is 0 Å². The van der Waals surface area contributed by atoms with E-state index >= 15 is 0 Å². The van der Waals surface area contributed by atoms with E-state index in [9.17, 15) is 0 Å². The van der Waals surface area contributed by atoms with Gasteiger partial charge in [-0.1, -0.05) is 13.3 Å². The molecule has 0 unspecified atom stereocenters. The van der Waals surface area contributed by atoms with E-state index < -0.39 is 0 Å². The highest BCUT2D eigenvalue weighted by Crippen LogP contribution is 2.26. The standard InChI is InChI=1S/C14H23N3/c1-4-14(2,3)17-13-11-8-6-5-7-9-12(11)15-10-16-13/h10H,4-9H2,1-3H3,(H,15,16,17). The molecule has 1 N–H and O–H groups in total. The molecule has 0 atom stereocenters. The van der Waals surface area contributed by atoms with Crippen molar-refractivity contribution < 1.29 is 0 Å². The van der Waals surface area contributed by atoms with Gasteiger partial charge in [0.2, 0.25) is 0 Å². The van der Waals surface area contributed by atoms with Gasteiger partial charge in [0.1, 0.15) is 12.1 Å². The first-order valence-corrected chi connectivity index (χ1v) is 6.73. The number of nitrogens with zero attached hydrogens (tertiary/aromatic N) is 2. The lowest BCUT2D eigenvalue weighted by molar-refractivity contribution is 0.543. The molecular formula is C14H23N3. The first kappa shape index (κ1) is 12.3. The lowest BCUT2D eigenvalue weighted by Gasteiger charge is -2.26. The summed E-state index contributed by atoms with van der Waals surface area (Å²) >= 11 is 0. The van der Waals surface area contributed by atoms with Gasteiger partial charge in [-0.15, -0.1) is 0 Å². The summed E-state index contributed by atoms with van der Waals surface area (Å²) in [6.07, 6.45) is 8.87. The number of hydrogen-bond acceptors (Lipinski definition) is 3. The van der Waals surface area contributed by atoms with Crippen molar-refractivity contribution in [2.45, 2.75) is 64.8 Å². The van der Waals surface area contributed by atoms with Gasteiger partial charge >= 0.3 is 0 Å². The van der Waals surface area contributed by atoms with Gasteiger partial charge in [-0.05, 0) is 46.0 Å². The minimum atomic E-state index is 0.106. The molecule has 0 saturated carbocycles. The Kier molecular flexibility index (Phi) is 3.65. The van der Waals surface area contributed by atoms with Crippen molar-refractivity contribution in [1.29, 1.82) is 0 Å². The molecule has 1 aliphatic rings. The summed E-state index contributed by atoms with van der Waals surface area (Å²) in [6.45, 7) is 6.64. The van der Waals surface area contributed by atoms with Crippen LogP contribution in [0.3, 0.4) is 0 Å². The lowest BCUT2D eigenvalue weighted by atomic mass is 10.0. The second-order valence-electron chi connectivity index (χ2n) is 5.57. The molecule has 0 saturated heterocycles. The second kappa shape index (κ2) is 5.03. The fourth-order valence-corrected chi connectivity index (χ4v) is 2.21. The Morgan fingerprint density at radius 1 is 1.18 bits per heavy atom. The molecule has 1 heterocycles. The van der Waals surface area contributed by atoms with Crippen LogP contribution < -0.4 is 5.32 Å². The molecule has 0 aromatic carbocycles. The average molecular weight is 233 g/mol. The molecule has 2 rings (SSSR count). The fraction of sp³-hybridized carbons (Fsp3) is 0.714. The Morgan fingerprint density at radius 2 is 1.94 bits per heavy atom. The first-order chi connectivity index (χ1) is 8.12. The van der Waals surface area contributed by atoms with Crippen molar-refractivity contribution in [3.63, 3.8) is 0 Å². The first-order valence-electron chi connectivity index (χ1n) is 6.73. The maximum atomic E-state index is 4.44. The van der Waals surface area contributed by atoms with Gasteiger partial charge in [0, 0.05) is 16.8 Å². The van der Waals surface area contributed by atoms with Crippen LogP contribution in [0.2, 0.25) is 0 Å². The van der Waals surface area contributed by atoms with E-state index in [1.165, 1.54) is 30.5 Å². The smallest absolute Gasteiger partial charge is 0.133 e. The van der Waals surface area contributed by atoms with E-state index in [-0.39, 0.29) is 5.54 Å². The monoisotopic (exact) mass is 233 g/mol. The zero-order chi connectivity index (χ0) is 12.3. The summed E-state index contributed by atoms with van der Waals surface area (Å²) in [4.78, 5) is 8.89. The Balaban J connectivity index is 2.28. The maximum absolute atomic E-state index is 4.44. The third-order valence-corrected chi connectivity index (χ3v) is 3.72.